The second kappa shape index (κ2) is 4.29. The molecule has 0 saturated carbocycles. The first-order valence-electron chi connectivity index (χ1n) is 5.39. The second-order valence-electron chi connectivity index (χ2n) is 3.48. The second-order valence-corrected chi connectivity index (χ2v) is 3.48. The molecule has 0 aromatic carbocycles. The van der Waals surface area contributed by atoms with Gasteiger partial charge in [-0.2, -0.15) is 0 Å². The number of aryl methyl sites for hydroxylation is 2. The van der Waals surface area contributed by atoms with Gasteiger partial charge in [0.2, 0.25) is 0 Å². The van der Waals surface area contributed by atoms with Crippen LogP contribution in [0.15, 0.2) is 24.8 Å². The molecule has 0 aliphatic heterocycles. The Labute approximate surface area is 89.6 Å². The van der Waals surface area contributed by atoms with Gasteiger partial charge in [0.1, 0.15) is 0 Å². The molecular formula is C11H16N4. The monoisotopic (exact) mass is 204 g/mol. The molecular weight excluding hydrogens is 188 g/mol. The van der Waals surface area contributed by atoms with Crippen LogP contribution in [0.4, 0.5) is 0 Å². The lowest BCUT2D eigenvalue weighted by Gasteiger charge is -2.07. The first kappa shape index (κ1) is 9.96. The van der Waals surface area contributed by atoms with E-state index in [0.29, 0.717) is 0 Å². The predicted molar refractivity (Wildman–Crippen MR) is 59.4 cm³/mol. The third-order valence-electron chi connectivity index (χ3n) is 2.44. The third-order valence-corrected chi connectivity index (χ3v) is 2.44. The molecule has 0 radical (unpaired) electrons. The van der Waals surface area contributed by atoms with E-state index in [1.807, 2.05) is 24.8 Å². The summed E-state index contributed by atoms with van der Waals surface area (Å²) in [6.45, 7) is 6.19. The van der Waals surface area contributed by atoms with Crippen molar-refractivity contribution in [2.45, 2.75) is 33.4 Å². The summed E-state index contributed by atoms with van der Waals surface area (Å²) in [6, 6.07) is 0. The molecule has 0 spiro atoms. The van der Waals surface area contributed by atoms with Gasteiger partial charge in [0.25, 0.3) is 0 Å². The van der Waals surface area contributed by atoms with Crippen molar-refractivity contribution in [3.63, 3.8) is 0 Å². The van der Waals surface area contributed by atoms with Crippen molar-refractivity contribution in [3.05, 3.63) is 24.8 Å². The summed E-state index contributed by atoms with van der Waals surface area (Å²) in [6.07, 6.45) is 8.76. The van der Waals surface area contributed by atoms with Gasteiger partial charge in [0, 0.05) is 37.9 Å². The molecule has 2 rings (SSSR count). The van der Waals surface area contributed by atoms with E-state index in [9.17, 15) is 0 Å². The molecule has 0 fully saturated rings. The lowest BCUT2D eigenvalue weighted by atomic mass is 10.4. The Balaban J connectivity index is 2.40. The van der Waals surface area contributed by atoms with E-state index in [0.717, 1.165) is 31.2 Å². The van der Waals surface area contributed by atoms with Gasteiger partial charge in [-0.1, -0.05) is 6.92 Å². The van der Waals surface area contributed by atoms with Crippen LogP contribution in [0.3, 0.4) is 0 Å². The van der Waals surface area contributed by atoms with Crippen LogP contribution in [0.1, 0.15) is 20.3 Å². The van der Waals surface area contributed by atoms with E-state index in [1.54, 1.807) is 0 Å². The van der Waals surface area contributed by atoms with Gasteiger partial charge in [-0.05, 0) is 13.3 Å². The molecule has 0 amide bonds. The van der Waals surface area contributed by atoms with Crippen LogP contribution in [0.5, 0.6) is 0 Å². The lowest BCUT2D eigenvalue weighted by Crippen LogP contribution is -2.04. The third kappa shape index (κ3) is 1.79. The summed E-state index contributed by atoms with van der Waals surface area (Å²) in [7, 11) is 0. The lowest BCUT2D eigenvalue weighted by molar-refractivity contribution is 0.672. The van der Waals surface area contributed by atoms with Crippen LogP contribution in [0.25, 0.3) is 11.6 Å². The van der Waals surface area contributed by atoms with Crippen molar-refractivity contribution in [1.29, 1.82) is 0 Å². The number of rotatable bonds is 4. The fourth-order valence-electron chi connectivity index (χ4n) is 1.71. The summed E-state index contributed by atoms with van der Waals surface area (Å²) in [5, 5.41) is 0. The SMILES string of the molecule is CCCn1ccnc1-c1nccn1CC. The molecule has 4 heteroatoms. The van der Waals surface area contributed by atoms with Crippen LogP contribution in [-0.2, 0) is 13.1 Å². The maximum atomic E-state index is 4.37. The van der Waals surface area contributed by atoms with Crippen molar-refractivity contribution in [1.82, 2.24) is 19.1 Å². The Morgan fingerprint density at radius 1 is 1.00 bits per heavy atom. The zero-order valence-electron chi connectivity index (χ0n) is 9.22. The van der Waals surface area contributed by atoms with Crippen molar-refractivity contribution < 1.29 is 0 Å². The highest BCUT2D eigenvalue weighted by Crippen LogP contribution is 2.15. The average molecular weight is 204 g/mol. The first-order valence-corrected chi connectivity index (χ1v) is 5.39. The van der Waals surface area contributed by atoms with Crippen molar-refractivity contribution >= 4 is 0 Å². The minimum Gasteiger partial charge on any atom is -0.329 e. The minimum absolute atomic E-state index is 0.925. The Morgan fingerprint density at radius 3 is 2.20 bits per heavy atom. The van der Waals surface area contributed by atoms with Crippen LogP contribution in [0.2, 0.25) is 0 Å². The number of aromatic nitrogens is 4. The van der Waals surface area contributed by atoms with Gasteiger partial charge in [-0.25, -0.2) is 9.97 Å². The highest BCUT2D eigenvalue weighted by atomic mass is 15.1. The van der Waals surface area contributed by atoms with Crippen LogP contribution in [-0.4, -0.2) is 19.1 Å². The quantitative estimate of drug-likeness (QED) is 0.765. The molecule has 0 N–H and O–H groups in total. The molecule has 0 unspecified atom stereocenters. The van der Waals surface area contributed by atoms with Gasteiger partial charge in [0.15, 0.2) is 11.6 Å². The summed E-state index contributed by atoms with van der Waals surface area (Å²) in [5.74, 6) is 1.92. The molecule has 80 valence electrons. The summed E-state index contributed by atoms with van der Waals surface area (Å²) in [4.78, 5) is 8.72. The molecule has 0 aliphatic carbocycles. The molecule has 2 aromatic heterocycles. The van der Waals surface area contributed by atoms with Crippen molar-refractivity contribution in [2.24, 2.45) is 0 Å². The van der Waals surface area contributed by atoms with E-state index in [2.05, 4.69) is 32.9 Å². The van der Waals surface area contributed by atoms with Crippen LogP contribution >= 0.6 is 0 Å². The molecule has 2 heterocycles. The summed E-state index contributed by atoms with van der Waals surface area (Å²) in [5.41, 5.74) is 0. The molecule has 0 aliphatic rings. The zero-order chi connectivity index (χ0) is 10.7. The Hall–Kier alpha value is -1.58. The highest BCUT2D eigenvalue weighted by Gasteiger charge is 2.10. The number of hydrogen-bond donors (Lipinski definition) is 0. The predicted octanol–water partition coefficient (Wildman–Crippen LogP) is 2.18. The van der Waals surface area contributed by atoms with Crippen LogP contribution < -0.4 is 0 Å². The van der Waals surface area contributed by atoms with E-state index in [4.69, 9.17) is 0 Å². The standard InChI is InChI=1S/C11H16N4/c1-3-7-15-9-6-13-11(15)10-12-5-8-14(10)4-2/h5-6,8-9H,3-4,7H2,1-2H3. The largest absolute Gasteiger partial charge is 0.329 e. The number of hydrogen-bond acceptors (Lipinski definition) is 2. The molecule has 0 bridgehead atoms. The van der Waals surface area contributed by atoms with Crippen molar-refractivity contribution in [3.8, 4) is 11.6 Å². The zero-order valence-corrected chi connectivity index (χ0v) is 9.22. The minimum atomic E-state index is 0.925. The fourth-order valence-corrected chi connectivity index (χ4v) is 1.71. The van der Waals surface area contributed by atoms with Gasteiger partial charge in [-0.3, -0.25) is 0 Å². The average Bonchev–Trinajstić information content (AvgIpc) is 2.84. The van der Waals surface area contributed by atoms with E-state index in [1.165, 1.54) is 0 Å². The summed E-state index contributed by atoms with van der Waals surface area (Å²) >= 11 is 0. The molecule has 0 atom stereocenters. The normalized spacial score (nSPS) is 10.8. The molecule has 4 nitrogen and oxygen atoms in total. The number of nitrogens with zero attached hydrogens (tertiary/aromatic N) is 4. The van der Waals surface area contributed by atoms with E-state index in [-0.39, 0.29) is 0 Å². The Kier molecular flexibility index (Phi) is 2.85. The van der Waals surface area contributed by atoms with Gasteiger partial charge < -0.3 is 9.13 Å². The van der Waals surface area contributed by atoms with Gasteiger partial charge in [0.05, 0.1) is 0 Å². The van der Waals surface area contributed by atoms with Crippen molar-refractivity contribution in [2.75, 3.05) is 0 Å². The highest BCUT2D eigenvalue weighted by molar-refractivity contribution is 5.44. The van der Waals surface area contributed by atoms with E-state index < -0.39 is 0 Å². The number of imidazole rings is 2. The molecule has 2 aromatic rings. The maximum Gasteiger partial charge on any atom is 0.176 e. The smallest absolute Gasteiger partial charge is 0.176 e. The Morgan fingerprint density at radius 2 is 1.60 bits per heavy atom. The summed E-state index contributed by atoms with van der Waals surface area (Å²) < 4.78 is 4.25. The molecule has 15 heavy (non-hydrogen) atoms. The maximum absolute atomic E-state index is 4.37. The van der Waals surface area contributed by atoms with Crippen LogP contribution in [0, 0.1) is 0 Å². The van der Waals surface area contributed by atoms with E-state index >= 15 is 0 Å². The fraction of sp³-hybridized carbons (Fsp3) is 0.455. The Bertz CT molecular complexity index is 427. The molecule has 0 saturated heterocycles. The topological polar surface area (TPSA) is 35.6 Å². The first-order chi connectivity index (χ1) is 7.36. The van der Waals surface area contributed by atoms with Gasteiger partial charge in [-0.15, -0.1) is 0 Å². The van der Waals surface area contributed by atoms with Gasteiger partial charge >= 0.3 is 0 Å².